The molecule has 0 spiro atoms. The lowest BCUT2D eigenvalue weighted by Crippen LogP contribution is -2.01. The Kier molecular flexibility index (Phi) is 6.46. The van der Waals surface area contributed by atoms with Gasteiger partial charge in [-0.15, -0.1) is 0 Å². The number of methoxy groups -OCH3 is 1. The normalized spacial score (nSPS) is 10.8. The molecule has 2 aromatic carbocycles. The van der Waals surface area contributed by atoms with Crippen molar-refractivity contribution in [2.24, 2.45) is 0 Å². The largest absolute Gasteiger partial charge is 0.493 e. The molecule has 0 amide bonds. The third kappa shape index (κ3) is 5.01. The number of rotatable bonds is 8. The molecule has 0 saturated heterocycles. The highest BCUT2D eigenvalue weighted by atomic mass is 16.5. The number of benzene rings is 2. The summed E-state index contributed by atoms with van der Waals surface area (Å²) in [5.74, 6) is 1.42. The lowest BCUT2D eigenvalue weighted by Gasteiger charge is -2.09. The summed E-state index contributed by atoms with van der Waals surface area (Å²) < 4.78 is 21.3. The third-order valence-electron chi connectivity index (χ3n) is 3.88. The smallest absolute Gasteiger partial charge is 0.331 e. The van der Waals surface area contributed by atoms with Crippen LogP contribution in [0, 0.1) is 0 Å². The van der Waals surface area contributed by atoms with Gasteiger partial charge in [0.2, 0.25) is 0 Å². The Morgan fingerprint density at radius 3 is 2.68 bits per heavy atom. The van der Waals surface area contributed by atoms with Crippen LogP contribution in [-0.4, -0.2) is 24.8 Å². The van der Waals surface area contributed by atoms with Gasteiger partial charge in [-0.05, 0) is 30.7 Å². The lowest BCUT2D eigenvalue weighted by atomic mass is 10.2. The fourth-order valence-corrected chi connectivity index (χ4v) is 2.54. The highest BCUT2D eigenvalue weighted by Crippen LogP contribution is 2.28. The van der Waals surface area contributed by atoms with Crippen molar-refractivity contribution in [2.45, 2.75) is 13.5 Å². The molecule has 0 aliphatic heterocycles. The van der Waals surface area contributed by atoms with Crippen molar-refractivity contribution in [3.8, 4) is 22.8 Å². The minimum Gasteiger partial charge on any atom is -0.493 e. The maximum atomic E-state index is 12.0. The first kappa shape index (κ1) is 19.2. The van der Waals surface area contributed by atoms with Gasteiger partial charge in [-0.1, -0.05) is 41.6 Å². The molecule has 0 aliphatic carbocycles. The number of carbonyl (C=O) groups excluding carboxylic acids is 1. The molecule has 0 bridgehead atoms. The van der Waals surface area contributed by atoms with E-state index >= 15 is 0 Å². The first-order valence-corrected chi connectivity index (χ1v) is 8.86. The second kappa shape index (κ2) is 9.41. The van der Waals surface area contributed by atoms with E-state index < -0.39 is 5.97 Å². The monoisotopic (exact) mass is 379 g/mol. The predicted molar refractivity (Wildman–Crippen MR) is 105 cm³/mol. The van der Waals surface area contributed by atoms with Crippen molar-refractivity contribution in [2.75, 3.05) is 13.7 Å². The van der Waals surface area contributed by atoms with Gasteiger partial charge in [-0.25, -0.2) is 4.79 Å². The van der Waals surface area contributed by atoms with Crippen LogP contribution in [0.1, 0.15) is 18.2 Å². The first-order valence-electron chi connectivity index (χ1n) is 8.86. The number of hydrogen-bond donors (Lipinski definition) is 0. The Bertz CT molecular complexity index is 947. The number of aromatic nitrogens is 1. The van der Waals surface area contributed by atoms with Gasteiger partial charge in [0.05, 0.1) is 13.7 Å². The topological polar surface area (TPSA) is 70.8 Å². The Hall–Kier alpha value is -3.54. The van der Waals surface area contributed by atoms with Gasteiger partial charge in [0.15, 0.2) is 17.3 Å². The molecule has 144 valence electrons. The van der Waals surface area contributed by atoms with Crippen LogP contribution in [0.3, 0.4) is 0 Å². The Morgan fingerprint density at radius 2 is 1.93 bits per heavy atom. The van der Waals surface area contributed by atoms with E-state index in [0.717, 1.165) is 11.1 Å². The Morgan fingerprint density at radius 1 is 1.11 bits per heavy atom. The van der Waals surface area contributed by atoms with Gasteiger partial charge >= 0.3 is 5.97 Å². The zero-order valence-corrected chi connectivity index (χ0v) is 15.8. The molecule has 0 fully saturated rings. The summed E-state index contributed by atoms with van der Waals surface area (Å²) in [7, 11) is 1.58. The van der Waals surface area contributed by atoms with Crippen LogP contribution in [0.2, 0.25) is 0 Å². The second-order valence-corrected chi connectivity index (χ2v) is 5.83. The van der Waals surface area contributed by atoms with Crippen LogP contribution in [-0.2, 0) is 16.1 Å². The molecule has 0 N–H and O–H groups in total. The van der Waals surface area contributed by atoms with Gasteiger partial charge in [0, 0.05) is 17.7 Å². The van der Waals surface area contributed by atoms with E-state index in [0.29, 0.717) is 29.6 Å². The highest BCUT2D eigenvalue weighted by Gasteiger charge is 2.08. The maximum Gasteiger partial charge on any atom is 0.331 e. The number of hydrogen-bond acceptors (Lipinski definition) is 6. The molecule has 0 unspecified atom stereocenters. The van der Waals surface area contributed by atoms with Crippen molar-refractivity contribution < 1.29 is 23.5 Å². The molecule has 6 heteroatoms. The average Bonchev–Trinajstić information content (AvgIpc) is 3.21. The minimum absolute atomic E-state index is 0.0340. The van der Waals surface area contributed by atoms with Gasteiger partial charge in [0.1, 0.15) is 12.3 Å². The summed E-state index contributed by atoms with van der Waals surface area (Å²) in [4.78, 5) is 12.0. The zero-order chi connectivity index (χ0) is 19.8. The summed E-state index contributed by atoms with van der Waals surface area (Å²) >= 11 is 0. The molecule has 0 saturated carbocycles. The van der Waals surface area contributed by atoms with E-state index in [9.17, 15) is 4.79 Å². The first-order chi connectivity index (χ1) is 13.7. The van der Waals surface area contributed by atoms with Crippen molar-refractivity contribution in [3.63, 3.8) is 0 Å². The molecule has 0 aliphatic rings. The predicted octanol–water partition coefficient (Wildman–Crippen LogP) is 4.51. The number of carbonyl (C=O) groups is 1. The van der Waals surface area contributed by atoms with E-state index in [1.165, 1.54) is 6.08 Å². The van der Waals surface area contributed by atoms with E-state index in [1.807, 2.05) is 43.3 Å². The third-order valence-corrected chi connectivity index (χ3v) is 3.88. The SMILES string of the molecule is CCOc1cc(/C=C/C(=O)OCc2cc(-c3ccccc3)on2)ccc1OC. The van der Waals surface area contributed by atoms with Crippen LogP contribution in [0.25, 0.3) is 17.4 Å². The molecule has 3 aromatic rings. The highest BCUT2D eigenvalue weighted by molar-refractivity contribution is 5.87. The molecule has 28 heavy (non-hydrogen) atoms. The van der Waals surface area contributed by atoms with Crippen molar-refractivity contribution in [1.82, 2.24) is 5.16 Å². The van der Waals surface area contributed by atoms with Gasteiger partial charge in [-0.3, -0.25) is 0 Å². The summed E-state index contributed by atoms with van der Waals surface area (Å²) in [6.45, 7) is 2.45. The molecule has 0 radical (unpaired) electrons. The molecular formula is C22H21NO5. The standard InChI is InChI=1S/C22H21NO5/c1-3-26-21-13-16(9-11-19(21)25-2)10-12-22(24)27-15-18-14-20(28-23-18)17-7-5-4-6-8-17/h4-14H,3,15H2,1-2H3/b12-10+. The summed E-state index contributed by atoms with van der Waals surface area (Å²) in [6, 6.07) is 16.8. The maximum absolute atomic E-state index is 12.0. The van der Waals surface area contributed by atoms with Gasteiger partial charge in [-0.2, -0.15) is 0 Å². The zero-order valence-electron chi connectivity index (χ0n) is 15.8. The molecule has 1 heterocycles. The van der Waals surface area contributed by atoms with Crippen molar-refractivity contribution >= 4 is 12.0 Å². The Labute approximate surface area is 163 Å². The van der Waals surface area contributed by atoms with Crippen LogP contribution in [0.4, 0.5) is 0 Å². The summed E-state index contributed by atoms with van der Waals surface area (Å²) in [6.07, 6.45) is 3.01. The van der Waals surface area contributed by atoms with E-state index in [2.05, 4.69) is 5.16 Å². The van der Waals surface area contributed by atoms with Gasteiger partial charge < -0.3 is 18.7 Å². The Balaban J connectivity index is 1.57. The van der Waals surface area contributed by atoms with Crippen molar-refractivity contribution in [1.29, 1.82) is 0 Å². The van der Waals surface area contributed by atoms with Gasteiger partial charge in [0.25, 0.3) is 0 Å². The van der Waals surface area contributed by atoms with Crippen LogP contribution in [0.15, 0.2) is 65.2 Å². The molecule has 6 nitrogen and oxygen atoms in total. The number of nitrogens with zero attached hydrogens (tertiary/aromatic N) is 1. The summed E-state index contributed by atoms with van der Waals surface area (Å²) in [5, 5.41) is 3.93. The molecule has 3 rings (SSSR count). The number of ether oxygens (including phenoxy) is 3. The minimum atomic E-state index is -0.474. The molecular weight excluding hydrogens is 358 g/mol. The van der Waals surface area contributed by atoms with E-state index in [-0.39, 0.29) is 6.61 Å². The van der Waals surface area contributed by atoms with Crippen molar-refractivity contribution in [3.05, 3.63) is 71.9 Å². The van der Waals surface area contributed by atoms with Crippen LogP contribution >= 0.6 is 0 Å². The second-order valence-electron chi connectivity index (χ2n) is 5.83. The van der Waals surface area contributed by atoms with E-state index in [1.54, 1.807) is 31.4 Å². The average molecular weight is 379 g/mol. The molecule has 1 aromatic heterocycles. The van der Waals surface area contributed by atoms with E-state index in [4.69, 9.17) is 18.7 Å². The fourth-order valence-electron chi connectivity index (χ4n) is 2.54. The van der Waals surface area contributed by atoms with Crippen LogP contribution < -0.4 is 9.47 Å². The quantitative estimate of drug-likeness (QED) is 0.424. The fraction of sp³-hybridized carbons (Fsp3) is 0.182. The summed E-state index contributed by atoms with van der Waals surface area (Å²) in [5.41, 5.74) is 2.26. The molecule has 0 atom stereocenters. The van der Waals surface area contributed by atoms with Crippen LogP contribution in [0.5, 0.6) is 11.5 Å². The lowest BCUT2D eigenvalue weighted by molar-refractivity contribution is -0.139. The number of esters is 1.